The lowest BCUT2D eigenvalue weighted by Gasteiger charge is -2.24. The zero-order valence-corrected chi connectivity index (χ0v) is 41.4. The van der Waals surface area contributed by atoms with E-state index < -0.39 is 18.2 Å². The number of hydrogen-bond acceptors (Lipinski definition) is 5. The second-order valence-corrected chi connectivity index (χ2v) is 18.1. The van der Waals surface area contributed by atoms with E-state index in [0.29, 0.717) is 19.3 Å². The first-order chi connectivity index (χ1) is 31.0. The van der Waals surface area contributed by atoms with Crippen molar-refractivity contribution in [3.8, 4) is 0 Å². The number of allylic oxidation sites excluding steroid dienone is 12. The van der Waals surface area contributed by atoms with Gasteiger partial charge in [0.15, 0.2) is 0 Å². The van der Waals surface area contributed by atoms with Gasteiger partial charge in [-0.05, 0) is 38.5 Å². The first-order valence-electron chi connectivity index (χ1n) is 26.7. The summed E-state index contributed by atoms with van der Waals surface area (Å²) in [5.74, 6) is -0.544. The molecule has 0 aromatic heterocycles. The van der Waals surface area contributed by atoms with E-state index in [1.165, 1.54) is 148 Å². The Morgan fingerprint density at radius 1 is 0.476 bits per heavy atom. The average molecular weight is 880 g/mol. The highest BCUT2D eigenvalue weighted by Crippen LogP contribution is 2.18. The Bertz CT molecular complexity index is 1170. The summed E-state index contributed by atoms with van der Waals surface area (Å²) in [6.45, 7) is 6.33. The second-order valence-electron chi connectivity index (χ2n) is 18.1. The molecule has 3 atom stereocenters. The van der Waals surface area contributed by atoms with Gasteiger partial charge in [-0.2, -0.15) is 0 Å². The SMILES string of the molecule is CC\C=C/C=C/C=C/C=C\C=C\C=C\CCCC(CC(=O)NC(CO)C(O)CCCCCCCCCCCCCCCCC)OC(=O)CCCCCCCCCCCCCCCC. The lowest BCUT2D eigenvalue weighted by molar-refractivity contribution is -0.151. The van der Waals surface area contributed by atoms with Crippen molar-refractivity contribution in [2.24, 2.45) is 0 Å². The number of ether oxygens (including phenoxy) is 1. The highest BCUT2D eigenvalue weighted by molar-refractivity contribution is 5.77. The van der Waals surface area contributed by atoms with E-state index in [1.54, 1.807) is 0 Å². The summed E-state index contributed by atoms with van der Waals surface area (Å²) in [5, 5.41) is 23.8. The number of esters is 1. The topological polar surface area (TPSA) is 95.9 Å². The van der Waals surface area contributed by atoms with Crippen LogP contribution in [0.4, 0.5) is 0 Å². The van der Waals surface area contributed by atoms with Crippen LogP contribution in [0.3, 0.4) is 0 Å². The van der Waals surface area contributed by atoms with Crippen molar-refractivity contribution in [2.75, 3.05) is 6.61 Å². The second kappa shape index (κ2) is 50.3. The molecule has 0 saturated carbocycles. The van der Waals surface area contributed by atoms with E-state index in [-0.39, 0.29) is 24.9 Å². The lowest BCUT2D eigenvalue weighted by atomic mass is 10.0. The van der Waals surface area contributed by atoms with Gasteiger partial charge in [0.25, 0.3) is 0 Å². The molecule has 0 saturated heterocycles. The molecule has 6 nitrogen and oxygen atoms in total. The van der Waals surface area contributed by atoms with Gasteiger partial charge in [0, 0.05) is 6.42 Å². The molecule has 0 aliphatic carbocycles. The molecule has 0 spiro atoms. The fraction of sp³-hybridized carbons (Fsp3) is 0.754. The van der Waals surface area contributed by atoms with Gasteiger partial charge in [0.2, 0.25) is 5.91 Å². The number of nitrogens with one attached hydrogen (secondary N) is 1. The minimum Gasteiger partial charge on any atom is -0.462 e. The smallest absolute Gasteiger partial charge is 0.306 e. The van der Waals surface area contributed by atoms with Gasteiger partial charge < -0.3 is 20.3 Å². The predicted molar refractivity (Wildman–Crippen MR) is 273 cm³/mol. The molecule has 63 heavy (non-hydrogen) atoms. The van der Waals surface area contributed by atoms with E-state index in [9.17, 15) is 19.8 Å². The molecule has 1 amide bonds. The van der Waals surface area contributed by atoms with Gasteiger partial charge >= 0.3 is 5.97 Å². The Morgan fingerprint density at radius 3 is 1.27 bits per heavy atom. The van der Waals surface area contributed by atoms with Crippen LogP contribution in [0.5, 0.6) is 0 Å². The summed E-state index contributed by atoms with van der Waals surface area (Å²) >= 11 is 0. The van der Waals surface area contributed by atoms with E-state index in [4.69, 9.17) is 4.74 Å². The molecule has 0 radical (unpaired) electrons. The van der Waals surface area contributed by atoms with Crippen molar-refractivity contribution in [3.05, 3.63) is 72.9 Å². The van der Waals surface area contributed by atoms with Crippen LogP contribution in [0.2, 0.25) is 0 Å². The van der Waals surface area contributed by atoms with Gasteiger partial charge in [-0.3, -0.25) is 9.59 Å². The quantitative estimate of drug-likeness (QED) is 0.0321. The molecule has 0 bridgehead atoms. The third-order valence-corrected chi connectivity index (χ3v) is 12.0. The van der Waals surface area contributed by atoms with E-state index in [0.717, 1.165) is 57.8 Å². The largest absolute Gasteiger partial charge is 0.462 e. The molecule has 3 unspecified atom stereocenters. The fourth-order valence-electron chi connectivity index (χ4n) is 7.94. The summed E-state index contributed by atoms with van der Waals surface area (Å²) in [7, 11) is 0. The summed E-state index contributed by atoms with van der Waals surface area (Å²) in [4.78, 5) is 26.2. The number of hydrogen-bond donors (Lipinski definition) is 3. The first kappa shape index (κ1) is 60.3. The molecule has 0 heterocycles. The van der Waals surface area contributed by atoms with Crippen LogP contribution in [-0.2, 0) is 14.3 Å². The highest BCUT2D eigenvalue weighted by atomic mass is 16.5. The number of carbonyl (C=O) groups is 2. The maximum atomic E-state index is 13.2. The van der Waals surface area contributed by atoms with Crippen molar-refractivity contribution in [3.63, 3.8) is 0 Å². The number of aliphatic hydroxyl groups excluding tert-OH is 2. The molecule has 0 rings (SSSR count). The third kappa shape index (κ3) is 45.7. The molecular formula is C57H101NO5. The highest BCUT2D eigenvalue weighted by Gasteiger charge is 2.24. The normalized spacial score (nSPS) is 13.8. The van der Waals surface area contributed by atoms with Crippen LogP contribution < -0.4 is 5.32 Å². The monoisotopic (exact) mass is 880 g/mol. The van der Waals surface area contributed by atoms with Crippen LogP contribution in [0.1, 0.15) is 252 Å². The zero-order chi connectivity index (χ0) is 45.9. The Balaban J connectivity index is 4.68. The number of amides is 1. The predicted octanol–water partition coefficient (Wildman–Crippen LogP) is 16.2. The Kier molecular flexibility index (Phi) is 48.1. The number of carbonyl (C=O) groups excluding carboxylic acids is 2. The van der Waals surface area contributed by atoms with Crippen LogP contribution in [-0.4, -0.2) is 46.9 Å². The van der Waals surface area contributed by atoms with Crippen LogP contribution in [0.15, 0.2) is 72.9 Å². The van der Waals surface area contributed by atoms with Crippen molar-refractivity contribution in [2.45, 2.75) is 270 Å². The average Bonchev–Trinajstić information content (AvgIpc) is 3.28. The van der Waals surface area contributed by atoms with E-state index >= 15 is 0 Å². The molecule has 3 N–H and O–H groups in total. The van der Waals surface area contributed by atoms with Gasteiger partial charge in [0.05, 0.1) is 25.2 Å². The van der Waals surface area contributed by atoms with Crippen molar-refractivity contribution >= 4 is 11.9 Å². The van der Waals surface area contributed by atoms with Gasteiger partial charge in [0.1, 0.15) is 6.10 Å². The van der Waals surface area contributed by atoms with E-state index in [1.807, 2.05) is 60.8 Å². The molecule has 0 fully saturated rings. The molecular weight excluding hydrogens is 779 g/mol. The van der Waals surface area contributed by atoms with Crippen molar-refractivity contribution < 1.29 is 24.5 Å². The van der Waals surface area contributed by atoms with Gasteiger partial charge in [-0.1, -0.05) is 273 Å². The Labute approximate surface area is 390 Å². The number of rotatable bonds is 47. The minimum atomic E-state index is -0.809. The molecule has 0 aromatic carbocycles. The summed E-state index contributed by atoms with van der Waals surface area (Å²) in [6, 6.07) is -0.727. The van der Waals surface area contributed by atoms with E-state index in [2.05, 4.69) is 38.2 Å². The first-order valence-corrected chi connectivity index (χ1v) is 26.7. The fourth-order valence-corrected chi connectivity index (χ4v) is 7.94. The number of unbranched alkanes of at least 4 members (excludes halogenated alkanes) is 28. The zero-order valence-electron chi connectivity index (χ0n) is 41.4. The molecule has 0 aliphatic heterocycles. The van der Waals surface area contributed by atoms with Crippen molar-refractivity contribution in [1.82, 2.24) is 5.32 Å². The van der Waals surface area contributed by atoms with Crippen molar-refractivity contribution in [1.29, 1.82) is 0 Å². The summed E-state index contributed by atoms with van der Waals surface area (Å²) in [6.07, 6.45) is 63.9. The Morgan fingerprint density at radius 2 is 0.857 bits per heavy atom. The number of aliphatic hydroxyl groups is 2. The summed E-state index contributed by atoms with van der Waals surface area (Å²) < 4.78 is 5.90. The molecule has 0 aliphatic rings. The third-order valence-electron chi connectivity index (χ3n) is 12.0. The van der Waals surface area contributed by atoms with Crippen LogP contribution >= 0.6 is 0 Å². The standard InChI is InChI=1S/C57H101NO5/c1-4-7-10-13-16-19-22-25-28-30-33-36-39-42-45-48-53(63-57(62)50-47-44-41-38-35-32-27-24-21-18-15-12-9-6-3)51-56(61)58-54(52-59)55(60)49-46-43-40-37-34-31-29-26-23-20-17-14-11-8-5-2/h7,10,13,16,19,22,25,28,30,33,36,39,53-55,59-60H,4-6,8-9,11-12,14-15,17-18,20-21,23-24,26-27,29,31-32,34-35,37-38,40-52H2,1-3H3,(H,58,61)/b10-7-,16-13+,22-19+,28-25-,33-30+,39-36+. The Hall–Kier alpha value is -2.70. The molecule has 364 valence electrons. The summed E-state index contributed by atoms with van der Waals surface area (Å²) in [5.41, 5.74) is 0. The van der Waals surface area contributed by atoms with Crippen LogP contribution in [0.25, 0.3) is 0 Å². The van der Waals surface area contributed by atoms with Crippen LogP contribution in [0, 0.1) is 0 Å². The van der Waals surface area contributed by atoms with Gasteiger partial charge in [-0.25, -0.2) is 0 Å². The lowest BCUT2D eigenvalue weighted by Crippen LogP contribution is -2.46. The maximum absolute atomic E-state index is 13.2. The minimum absolute atomic E-state index is 0.0265. The molecule has 6 heteroatoms. The molecule has 0 aromatic rings. The maximum Gasteiger partial charge on any atom is 0.306 e. The van der Waals surface area contributed by atoms with Gasteiger partial charge in [-0.15, -0.1) is 0 Å².